The maximum atomic E-state index is 12.8. The van der Waals surface area contributed by atoms with Crippen LogP contribution in [0.25, 0.3) is 0 Å². The molecule has 1 aliphatic heterocycles. The van der Waals surface area contributed by atoms with E-state index in [-0.39, 0.29) is 24.2 Å². The Labute approximate surface area is 172 Å². The van der Waals surface area contributed by atoms with Gasteiger partial charge in [0, 0.05) is 31.5 Å². The van der Waals surface area contributed by atoms with E-state index in [9.17, 15) is 4.79 Å². The Kier molecular flexibility index (Phi) is 6.42. The molecule has 2 unspecified atom stereocenters. The molecule has 154 valence electrons. The third kappa shape index (κ3) is 4.95. The number of benzene rings is 1. The van der Waals surface area contributed by atoms with Crippen molar-refractivity contribution in [3.05, 3.63) is 60.4 Å². The Bertz CT molecular complexity index is 782. The largest absolute Gasteiger partial charge is 0.484 e. The van der Waals surface area contributed by atoms with E-state index in [1.165, 1.54) is 6.42 Å². The number of carbonyl (C=O) groups excluding carboxylic acids is 1. The van der Waals surface area contributed by atoms with Crippen LogP contribution in [0.3, 0.4) is 0 Å². The Morgan fingerprint density at radius 3 is 2.97 bits per heavy atom. The van der Waals surface area contributed by atoms with Crippen LogP contribution in [0.5, 0.6) is 5.75 Å². The van der Waals surface area contributed by atoms with Crippen LogP contribution in [0.2, 0.25) is 0 Å². The molecule has 4 rings (SSSR count). The summed E-state index contributed by atoms with van der Waals surface area (Å²) in [6, 6.07) is 13.7. The van der Waals surface area contributed by atoms with Gasteiger partial charge in [-0.3, -0.25) is 9.78 Å². The molecule has 1 spiro atoms. The fourth-order valence-corrected chi connectivity index (χ4v) is 4.38. The van der Waals surface area contributed by atoms with Crippen LogP contribution < -0.4 is 10.1 Å². The molecule has 1 amide bonds. The van der Waals surface area contributed by atoms with Gasteiger partial charge in [-0.2, -0.15) is 0 Å². The minimum absolute atomic E-state index is 0.0214. The third-order valence-corrected chi connectivity index (χ3v) is 5.92. The zero-order valence-electron chi connectivity index (χ0n) is 16.8. The van der Waals surface area contributed by atoms with Gasteiger partial charge in [-0.15, -0.1) is 0 Å². The highest BCUT2D eigenvalue weighted by atomic mass is 16.5. The van der Waals surface area contributed by atoms with Gasteiger partial charge in [0.1, 0.15) is 11.4 Å². The lowest BCUT2D eigenvalue weighted by Crippen LogP contribution is -2.64. The summed E-state index contributed by atoms with van der Waals surface area (Å²) in [4.78, 5) is 18.9. The number of hydrogen-bond acceptors (Lipinski definition) is 5. The average Bonchev–Trinajstić information content (AvgIpc) is 2.78. The van der Waals surface area contributed by atoms with Crippen molar-refractivity contribution in [2.75, 3.05) is 26.3 Å². The molecule has 29 heavy (non-hydrogen) atoms. The van der Waals surface area contributed by atoms with Crippen LogP contribution in [-0.2, 0) is 16.1 Å². The second kappa shape index (κ2) is 9.37. The number of morpholine rings is 1. The van der Waals surface area contributed by atoms with Crippen molar-refractivity contribution in [3.8, 4) is 5.75 Å². The molecule has 2 atom stereocenters. The second-order valence-electron chi connectivity index (χ2n) is 7.87. The molecular weight excluding hydrogens is 366 g/mol. The van der Waals surface area contributed by atoms with Crippen molar-refractivity contribution >= 4 is 5.91 Å². The lowest BCUT2D eigenvalue weighted by Gasteiger charge is -2.49. The van der Waals surface area contributed by atoms with E-state index >= 15 is 0 Å². The maximum Gasteiger partial charge on any atom is 0.260 e. The molecule has 6 heteroatoms. The van der Waals surface area contributed by atoms with Gasteiger partial charge >= 0.3 is 0 Å². The number of rotatable bonds is 6. The van der Waals surface area contributed by atoms with Crippen LogP contribution in [0.1, 0.15) is 31.2 Å². The van der Waals surface area contributed by atoms with Gasteiger partial charge in [0.05, 0.1) is 13.2 Å². The molecule has 2 heterocycles. The normalized spacial score (nSPS) is 24.4. The Balaban J connectivity index is 1.38. The molecule has 1 aliphatic carbocycles. The number of pyridine rings is 1. The second-order valence-corrected chi connectivity index (χ2v) is 7.87. The summed E-state index contributed by atoms with van der Waals surface area (Å²) in [5.41, 5.74) is 0.842. The first kappa shape index (κ1) is 19.9. The summed E-state index contributed by atoms with van der Waals surface area (Å²) in [5, 5.41) is 3.68. The van der Waals surface area contributed by atoms with Crippen LogP contribution in [0, 0.1) is 0 Å². The van der Waals surface area contributed by atoms with Gasteiger partial charge in [-0.25, -0.2) is 0 Å². The monoisotopic (exact) mass is 395 g/mol. The smallest absolute Gasteiger partial charge is 0.260 e. The lowest BCUT2D eigenvalue weighted by molar-refractivity contribution is -0.164. The number of nitrogens with one attached hydrogen (secondary N) is 1. The number of hydrogen-bond donors (Lipinski definition) is 1. The molecular formula is C23H29N3O3. The highest BCUT2D eigenvalue weighted by Gasteiger charge is 2.45. The zero-order valence-corrected chi connectivity index (χ0v) is 16.8. The third-order valence-electron chi connectivity index (χ3n) is 5.92. The number of nitrogens with zero attached hydrogens (tertiary/aromatic N) is 2. The van der Waals surface area contributed by atoms with Crippen molar-refractivity contribution in [1.82, 2.24) is 15.2 Å². The van der Waals surface area contributed by atoms with E-state index < -0.39 is 0 Å². The highest BCUT2D eigenvalue weighted by molar-refractivity contribution is 5.78. The van der Waals surface area contributed by atoms with Gasteiger partial charge in [-0.1, -0.05) is 37.1 Å². The summed E-state index contributed by atoms with van der Waals surface area (Å²) >= 11 is 0. The van der Waals surface area contributed by atoms with Crippen molar-refractivity contribution in [2.24, 2.45) is 0 Å². The Morgan fingerprint density at radius 1 is 1.24 bits per heavy atom. The van der Waals surface area contributed by atoms with Gasteiger partial charge in [0.15, 0.2) is 6.61 Å². The van der Waals surface area contributed by atoms with E-state index in [4.69, 9.17) is 9.47 Å². The fraction of sp³-hybridized carbons (Fsp3) is 0.478. The van der Waals surface area contributed by atoms with Crippen LogP contribution >= 0.6 is 0 Å². The van der Waals surface area contributed by atoms with Crippen molar-refractivity contribution in [2.45, 2.75) is 43.9 Å². The van der Waals surface area contributed by atoms with Gasteiger partial charge in [-0.05, 0) is 36.6 Å². The molecule has 2 fully saturated rings. The summed E-state index contributed by atoms with van der Waals surface area (Å²) in [5.74, 6) is 0.741. The molecule has 1 saturated carbocycles. The van der Waals surface area contributed by atoms with E-state index in [2.05, 4.69) is 16.4 Å². The summed E-state index contributed by atoms with van der Waals surface area (Å²) < 4.78 is 12.0. The predicted molar refractivity (Wildman–Crippen MR) is 111 cm³/mol. The van der Waals surface area contributed by atoms with Crippen molar-refractivity contribution in [1.29, 1.82) is 0 Å². The number of amides is 1. The summed E-state index contributed by atoms with van der Waals surface area (Å²) in [6.07, 6.45) is 8.02. The quantitative estimate of drug-likeness (QED) is 0.815. The fourth-order valence-electron chi connectivity index (χ4n) is 4.38. The molecule has 2 aromatic rings. The molecule has 1 aromatic carbocycles. The molecule has 1 saturated heterocycles. The number of ether oxygens (including phenoxy) is 2. The lowest BCUT2D eigenvalue weighted by atomic mass is 9.78. The van der Waals surface area contributed by atoms with Crippen molar-refractivity contribution in [3.63, 3.8) is 0 Å². The number of carbonyl (C=O) groups is 1. The summed E-state index contributed by atoms with van der Waals surface area (Å²) in [7, 11) is 0. The Hall–Kier alpha value is -2.44. The first-order valence-corrected chi connectivity index (χ1v) is 10.5. The molecule has 1 N–H and O–H groups in total. The molecule has 0 radical (unpaired) electrons. The standard InChI is InChI=1S/C23H29N3O3/c27-22(17-28-20-8-2-1-3-9-20)26-13-14-29-23(18-26)11-5-4-10-21(23)25-16-19-7-6-12-24-15-19/h1-3,6-9,12,15,21,25H,4-5,10-11,13-14,16-18H2. The predicted octanol–water partition coefficient (Wildman–Crippen LogP) is 2.79. The van der Waals surface area contributed by atoms with E-state index in [0.29, 0.717) is 19.7 Å². The van der Waals surface area contributed by atoms with Gasteiger partial charge in [0.25, 0.3) is 5.91 Å². The van der Waals surface area contributed by atoms with Crippen LogP contribution in [0.15, 0.2) is 54.9 Å². The first-order chi connectivity index (χ1) is 14.3. The maximum absolute atomic E-state index is 12.8. The topological polar surface area (TPSA) is 63.7 Å². The highest BCUT2D eigenvalue weighted by Crippen LogP contribution is 2.35. The Morgan fingerprint density at radius 2 is 2.14 bits per heavy atom. The number of aromatic nitrogens is 1. The minimum Gasteiger partial charge on any atom is -0.484 e. The molecule has 0 bridgehead atoms. The first-order valence-electron chi connectivity index (χ1n) is 10.5. The SMILES string of the molecule is O=C(COc1ccccc1)N1CCOC2(CCCCC2NCc2cccnc2)C1. The average molecular weight is 396 g/mol. The van der Waals surface area contributed by atoms with Crippen LogP contribution in [-0.4, -0.2) is 53.7 Å². The summed E-state index contributed by atoms with van der Waals surface area (Å²) in [6.45, 7) is 2.63. The molecule has 6 nitrogen and oxygen atoms in total. The van der Waals surface area contributed by atoms with Crippen LogP contribution in [0.4, 0.5) is 0 Å². The minimum atomic E-state index is -0.318. The molecule has 2 aliphatic rings. The van der Waals surface area contributed by atoms with E-state index in [1.807, 2.05) is 47.5 Å². The van der Waals surface area contributed by atoms with Crippen molar-refractivity contribution < 1.29 is 14.3 Å². The zero-order chi connectivity index (χ0) is 19.9. The van der Waals surface area contributed by atoms with E-state index in [1.54, 1.807) is 6.20 Å². The number of para-hydroxylation sites is 1. The molecule has 1 aromatic heterocycles. The van der Waals surface area contributed by atoms with E-state index in [0.717, 1.165) is 37.1 Å². The van der Waals surface area contributed by atoms with Gasteiger partial charge in [0.2, 0.25) is 0 Å². The van der Waals surface area contributed by atoms with Gasteiger partial charge < -0.3 is 19.7 Å².